The lowest BCUT2D eigenvalue weighted by atomic mass is 10.1. The van der Waals surface area contributed by atoms with Gasteiger partial charge in [-0.15, -0.1) is 6.58 Å². The molecule has 0 aromatic heterocycles. The molecule has 41 heavy (non-hydrogen) atoms. The van der Waals surface area contributed by atoms with E-state index in [1.165, 1.54) is 0 Å². The Hall–Kier alpha value is -3.36. The molecule has 0 aliphatic carbocycles. The second-order valence-corrected chi connectivity index (χ2v) is 13.8. The first-order chi connectivity index (χ1) is 20.1. The molecule has 0 amide bonds. The molecule has 0 fully saturated rings. The number of benzene rings is 4. The van der Waals surface area contributed by atoms with Crippen LogP contribution in [0.4, 0.5) is 0 Å². The molecule has 1 unspecified atom stereocenters. The summed E-state index contributed by atoms with van der Waals surface area (Å²) in [5, 5.41) is 15.9. The summed E-state index contributed by atoms with van der Waals surface area (Å²) in [6.07, 6.45) is 2.33. The van der Waals surface area contributed by atoms with Crippen LogP contribution in [0.5, 0.6) is 23.0 Å². The summed E-state index contributed by atoms with van der Waals surface area (Å²) < 4.78 is 23.3. The zero-order valence-corrected chi connectivity index (χ0v) is 25.9. The number of aliphatic hydroxyl groups excluding tert-OH is 1. The van der Waals surface area contributed by atoms with Crippen molar-refractivity contribution in [2.24, 2.45) is 5.92 Å². The summed E-state index contributed by atoms with van der Waals surface area (Å²) in [6, 6.07) is 32.6. The van der Waals surface area contributed by atoms with E-state index in [2.05, 4.69) is 30.8 Å². The van der Waals surface area contributed by atoms with Gasteiger partial charge in [0, 0.05) is 21.2 Å². The molecule has 0 spiro atoms. The van der Waals surface area contributed by atoms with E-state index in [9.17, 15) is 5.11 Å². The highest BCUT2D eigenvalue weighted by Gasteiger charge is 2.32. The molecular weight excluding hydrogens is 550 g/mol. The van der Waals surface area contributed by atoms with Crippen molar-refractivity contribution < 1.29 is 24.1 Å². The molecule has 0 radical (unpaired) electrons. The van der Waals surface area contributed by atoms with Gasteiger partial charge >= 0.3 is 0 Å². The minimum atomic E-state index is -0.983. The first kappa shape index (κ1) is 30.6. The standard InChI is InChI=1S/C34H38O5P2/c1-6-26(35)25(23-40(31-19-11-7-15-27(31)36-2)32-20-12-8-16-28(32)37-3)24-41(33-21-13-9-17-29(33)38-4)34-22-14-10-18-30(34)39-5/h6-22,25-26,35H,1,23-24H2,2-5H3. The van der Waals surface area contributed by atoms with E-state index in [1.54, 1.807) is 34.5 Å². The molecule has 0 heterocycles. The highest BCUT2D eigenvalue weighted by molar-refractivity contribution is 7.74. The Labute approximate surface area is 246 Å². The molecule has 0 saturated heterocycles. The van der Waals surface area contributed by atoms with Crippen molar-refractivity contribution in [1.29, 1.82) is 0 Å². The van der Waals surface area contributed by atoms with Crippen LogP contribution in [0.15, 0.2) is 110 Å². The molecule has 4 aromatic rings. The van der Waals surface area contributed by atoms with Gasteiger partial charge in [-0.1, -0.05) is 78.9 Å². The molecule has 1 atom stereocenters. The first-order valence-corrected chi connectivity index (χ1v) is 16.5. The van der Waals surface area contributed by atoms with E-state index < -0.39 is 21.9 Å². The SMILES string of the molecule is C=CC(O)C(CP(c1ccccc1OC)c1ccccc1OC)CP(c1ccccc1OC)c1ccccc1OC. The molecule has 4 aromatic carbocycles. The monoisotopic (exact) mass is 588 g/mol. The van der Waals surface area contributed by atoms with Gasteiger partial charge in [0.15, 0.2) is 0 Å². The molecule has 1 N–H and O–H groups in total. The number of aliphatic hydroxyl groups is 1. The van der Waals surface area contributed by atoms with Gasteiger partial charge in [0.2, 0.25) is 0 Å². The van der Waals surface area contributed by atoms with Crippen LogP contribution in [0, 0.1) is 5.92 Å². The molecule has 5 nitrogen and oxygen atoms in total. The summed E-state index contributed by atoms with van der Waals surface area (Å²) in [7, 11) is 4.84. The summed E-state index contributed by atoms with van der Waals surface area (Å²) in [4.78, 5) is 0. The van der Waals surface area contributed by atoms with Crippen molar-refractivity contribution in [3.8, 4) is 23.0 Å². The van der Waals surface area contributed by atoms with Crippen molar-refractivity contribution in [3.05, 3.63) is 110 Å². The predicted molar refractivity (Wildman–Crippen MR) is 174 cm³/mol. The Morgan fingerprint density at radius 3 is 1.07 bits per heavy atom. The third-order valence-corrected chi connectivity index (χ3v) is 12.5. The summed E-state index contributed by atoms with van der Waals surface area (Å²) in [6.45, 7) is 3.99. The van der Waals surface area contributed by atoms with Crippen LogP contribution in [0.1, 0.15) is 0 Å². The normalized spacial score (nSPS) is 11.9. The number of rotatable bonds is 14. The molecule has 0 aliphatic rings. The summed E-state index contributed by atoms with van der Waals surface area (Å²) in [5.74, 6) is 3.18. The van der Waals surface area contributed by atoms with Crippen LogP contribution < -0.4 is 40.2 Å². The molecule has 0 bridgehead atoms. The van der Waals surface area contributed by atoms with E-state index in [1.807, 2.05) is 72.8 Å². The lowest BCUT2D eigenvalue weighted by molar-refractivity contribution is 0.176. The number of para-hydroxylation sites is 4. The highest BCUT2D eigenvalue weighted by Crippen LogP contribution is 2.47. The van der Waals surface area contributed by atoms with Gasteiger partial charge < -0.3 is 24.1 Å². The fraction of sp³-hybridized carbons (Fsp3) is 0.235. The third kappa shape index (κ3) is 7.11. The Bertz CT molecular complexity index is 1230. The van der Waals surface area contributed by atoms with Crippen molar-refractivity contribution in [3.63, 3.8) is 0 Å². The zero-order chi connectivity index (χ0) is 29.2. The molecular formula is C34H38O5P2. The van der Waals surface area contributed by atoms with Gasteiger partial charge in [0.05, 0.1) is 34.5 Å². The lowest BCUT2D eigenvalue weighted by Gasteiger charge is -2.32. The van der Waals surface area contributed by atoms with Crippen molar-refractivity contribution in [2.75, 3.05) is 40.8 Å². The van der Waals surface area contributed by atoms with Crippen LogP contribution in [0.2, 0.25) is 0 Å². The van der Waals surface area contributed by atoms with Crippen LogP contribution in [0.25, 0.3) is 0 Å². The zero-order valence-electron chi connectivity index (χ0n) is 24.1. The fourth-order valence-electron chi connectivity index (χ4n) is 5.00. The lowest BCUT2D eigenvalue weighted by Crippen LogP contribution is -2.31. The number of methoxy groups -OCH3 is 4. The number of ether oxygens (including phenoxy) is 4. The fourth-order valence-corrected chi connectivity index (χ4v) is 10.9. The second kappa shape index (κ2) is 15.0. The maximum absolute atomic E-state index is 11.5. The van der Waals surface area contributed by atoms with Gasteiger partial charge in [-0.25, -0.2) is 0 Å². The van der Waals surface area contributed by atoms with Gasteiger partial charge in [-0.3, -0.25) is 0 Å². The van der Waals surface area contributed by atoms with Gasteiger partial charge in [0.1, 0.15) is 23.0 Å². The van der Waals surface area contributed by atoms with Crippen molar-refractivity contribution in [2.45, 2.75) is 6.10 Å². The molecule has 214 valence electrons. The predicted octanol–water partition coefficient (Wildman–Crippen LogP) is 5.45. The average molecular weight is 589 g/mol. The van der Waals surface area contributed by atoms with Crippen molar-refractivity contribution in [1.82, 2.24) is 0 Å². The second-order valence-electron chi connectivity index (χ2n) is 9.39. The van der Waals surface area contributed by atoms with E-state index in [4.69, 9.17) is 18.9 Å². The average Bonchev–Trinajstić information content (AvgIpc) is 3.04. The quantitative estimate of drug-likeness (QED) is 0.157. The molecule has 7 heteroatoms. The maximum Gasteiger partial charge on any atom is 0.126 e. The van der Waals surface area contributed by atoms with E-state index in [0.717, 1.165) is 44.2 Å². The van der Waals surface area contributed by atoms with E-state index >= 15 is 0 Å². The van der Waals surface area contributed by atoms with Gasteiger partial charge in [0.25, 0.3) is 0 Å². The summed E-state index contributed by atoms with van der Waals surface area (Å²) >= 11 is 0. The Kier molecular flexibility index (Phi) is 11.2. The van der Waals surface area contributed by atoms with Crippen molar-refractivity contribution >= 4 is 37.1 Å². The first-order valence-electron chi connectivity index (χ1n) is 13.4. The smallest absolute Gasteiger partial charge is 0.126 e. The Morgan fingerprint density at radius 1 is 0.561 bits per heavy atom. The Morgan fingerprint density at radius 2 is 0.829 bits per heavy atom. The topological polar surface area (TPSA) is 57.2 Å². The van der Waals surface area contributed by atoms with E-state index in [-0.39, 0.29) is 5.92 Å². The Balaban J connectivity index is 1.86. The molecule has 4 rings (SSSR count). The van der Waals surface area contributed by atoms with Gasteiger partial charge in [-0.2, -0.15) is 0 Å². The molecule has 0 aliphatic heterocycles. The minimum absolute atomic E-state index is 0.130. The molecule has 0 saturated carbocycles. The largest absolute Gasteiger partial charge is 0.496 e. The number of hydrogen-bond acceptors (Lipinski definition) is 5. The highest BCUT2D eigenvalue weighted by atomic mass is 31.1. The van der Waals surface area contributed by atoms with E-state index in [0.29, 0.717) is 12.3 Å². The minimum Gasteiger partial charge on any atom is -0.496 e. The summed E-state index contributed by atoms with van der Waals surface area (Å²) in [5.41, 5.74) is 0. The van der Waals surface area contributed by atoms with Crippen LogP contribution in [-0.2, 0) is 0 Å². The maximum atomic E-state index is 11.5. The van der Waals surface area contributed by atoms with Crippen LogP contribution in [-0.4, -0.2) is 52.0 Å². The third-order valence-electron chi connectivity index (χ3n) is 7.06. The number of hydrogen-bond donors (Lipinski definition) is 1. The van der Waals surface area contributed by atoms with Crippen LogP contribution >= 0.6 is 15.8 Å². The van der Waals surface area contributed by atoms with Crippen LogP contribution in [0.3, 0.4) is 0 Å². The van der Waals surface area contributed by atoms with Gasteiger partial charge in [-0.05, 0) is 58.4 Å².